The Hall–Kier alpha value is -3.41. The van der Waals surface area contributed by atoms with Crippen LogP contribution in [0.1, 0.15) is 27.4 Å². The minimum atomic E-state index is -0.485. The molecule has 0 N–H and O–H groups in total. The zero-order chi connectivity index (χ0) is 18.5. The van der Waals surface area contributed by atoms with Crippen molar-refractivity contribution in [3.8, 4) is 0 Å². The molecule has 0 saturated heterocycles. The van der Waals surface area contributed by atoms with E-state index in [2.05, 4.69) is 0 Å². The highest BCUT2D eigenvalue weighted by Crippen LogP contribution is 2.18. The van der Waals surface area contributed by atoms with Crippen LogP contribution in [0.15, 0.2) is 71.1 Å². The van der Waals surface area contributed by atoms with Crippen molar-refractivity contribution in [2.24, 2.45) is 0 Å². The molecule has 1 aromatic heterocycles. The highest BCUT2D eigenvalue weighted by molar-refractivity contribution is 5.94. The lowest BCUT2D eigenvalue weighted by atomic mass is 10.1. The van der Waals surface area contributed by atoms with Gasteiger partial charge in [-0.2, -0.15) is 0 Å². The zero-order valence-electron chi connectivity index (χ0n) is 14.3. The van der Waals surface area contributed by atoms with Crippen molar-refractivity contribution in [1.29, 1.82) is 0 Å². The summed E-state index contributed by atoms with van der Waals surface area (Å²) in [4.78, 5) is 24.9. The van der Waals surface area contributed by atoms with Crippen molar-refractivity contribution in [3.63, 3.8) is 0 Å². The Morgan fingerprint density at radius 2 is 1.69 bits per heavy atom. The number of nitro groups is 1. The van der Waals surface area contributed by atoms with Crippen LogP contribution in [-0.2, 0) is 13.1 Å². The number of carbonyl (C=O) groups excluding carboxylic acids is 1. The van der Waals surface area contributed by atoms with Crippen LogP contribution >= 0.6 is 0 Å². The van der Waals surface area contributed by atoms with Crippen molar-refractivity contribution in [2.75, 3.05) is 0 Å². The van der Waals surface area contributed by atoms with E-state index < -0.39 is 4.92 Å². The van der Waals surface area contributed by atoms with Gasteiger partial charge in [0.05, 0.1) is 11.5 Å². The quantitative estimate of drug-likeness (QED) is 0.489. The number of non-ortho nitro benzene ring substituents is 1. The van der Waals surface area contributed by atoms with Gasteiger partial charge in [-0.25, -0.2) is 0 Å². The first-order valence-corrected chi connectivity index (χ1v) is 8.16. The molecule has 3 rings (SSSR count). The monoisotopic (exact) mass is 350 g/mol. The largest absolute Gasteiger partial charge is 0.464 e. The highest BCUT2D eigenvalue weighted by atomic mass is 16.6. The van der Waals surface area contributed by atoms with E-state index in [1.165, 1.54) is 24.3 Å². The van der Waals surface area contributed by atoms with Crippen LogP contribution in [0, 0.1) is 17.0 Å². The molecule has 26 heavy (non-hydrogen) atoms. The van der Waals surface area contributed by atoms with Gasteiger partial charge in [-0.3, -0.25) is 14.9 Å². The number of aryl methyl sites for hydroxylation is 1. The molecule has 0 aliphatic rings. The molecule has 0 unspecified atom stereocenters. The lowest BCUT2D eigenvalue weighted by Gasteiger charge is -2.22. The second-order valence-corrected chi connectivity index (χ2v) is 5.96. The van der Waals surface area contributed by atoms with Crippen LogP contribution in [0.3, 0.4) is 0 Å². The molecule has 0 aliphatic carbocycles. The Balaban J connectivity index is 1.85. The van der Waals surface area contributed by atoms with Gasteiger partial charge in [0.15, 0.2) is 0 Å². The number of carbonyl (C=O) groups is 1. The Kier molecular flexibility index (Phi) is 5.12. The van der Waals surface area contributed by atoms with Crippen molar-refractivity contribution in [2.45, 2.75) is 20.0 Å². The summed E-state index contributed by atoms with van der Waals surface area (Å²) >= 11 is 0. The van der Waals surface area contributed by atoms with Gasteiger partial charge in [-0.15, -0.1) is 0 Å². The minimum Gasteiger partial charge on any atom is -0.464 e. The van der Waals surface area contributed by atoms with Crippen LogP contribution in [0.5, 0.6) is 0 Å². The fraction of sp³-hybridized carbons (Fsp3) is 0.150. The van der Waals surface area contributed by atoms with Crippen LogP contribution in [0.4, 0.5) is 5.69 Å². The molecule has 2 aromatic carbocycles. The number of nitro benzene ring substituents is 1. The van der Waals surface area contributed by atoms with E-state index in [1.54, 1.807) is 4.90 Å². The van der Waals surface area contributed by atoms with Gasteiger partial charge in [0, 0.05) is 24.2 Å². The second kappa shape index (κ2) is 7.65. The van der Waals surface area contributed by atoms with Gasteiger partial charge >= 0.3 is 0 Å². The van der Waals surface area contributed by atoms with Crippen molar-refractivity contribution < 1.29 is 14.1 Å². The van der Waals surface area contributed by atoms with Gasteiger partial charge in [-0.05, 0) is 36.8 Å². The summed E-state index contributed by atoms with van der Waals surface area (Å²) < 4.78 is 5.61. The van der Waals surface area contributed by atoms with Gasteiger partial charge in [0.25, 0.3) is 11.6 Å². The van der Waals surface area contributed by atoms with E-state index >= 15 is 0 Å². The molecule has 0 aliphatic heterocycles. The van der Waals surface area contributed by atoms with Gasteiger partial charge in [-0.1, -0.05) is 30.3 Å². The maximum absolute atomic E-state index is 13.0. The van der Waals surface area contributed by atoms with E-state index in [9.17, 15) is 14.9 Å². The molecule has 0 spiro atoms. The average molecular weight is 350 g/mol. The molecular weight excluding hydrogens is 332 g/mol. The zero-order valence-corrected chi connectivity index (χ0v) is 14.3. The van der Waals surface area contributed by atoms with E-state index in [1.807, 2.05) is 49.4 Å². The van der Waals surface area contributed by atoms with E-state index in [4.69, 9.17) is 4.42 Å². The van der Waals surface area contributed by atoms with Crippen LogP contribution in [0.2, 0.25) is 0 Å². The smallest absolute Gasteiger partial charge is 0.269 e. The van der Waals surface area contributed by atoms with Gasteiger partial charge in [0.1, 0.15) is 11.5 Å². The SMILES string of the molecule is Cc1ccc(CN(Cc2ccccc2)C(=O)c2ccc([N+](=O)[O-])cc2)o1. The first-order valence-electron chi connectivity index (χ1n) is 8.16. The third-order valence-electron chi connectivity index (χ3n) is 3.97. The van der Waals surface area contributed by atoms with Crippen molar-refractivity contribution in [3.05, 3.63) is 99.5 Å². The molecule has 6 heteroatoms. The lowest BCUT2D eigenvalue weighted by Crippen LogP contribution is -2.30. The predicted octanol–water partition coefficient (Wildman–Crippen LogP) is 4.34. The molecule has 0 fully saturated rings. The standard InChI is InChI=1S/C20H18N2O4/c1-15-7-12-19(26-15)14-21(13-16-5-3-2-4-6-16)20(23)17-8-10-18(11-9-17)22(24)25/h2-12H,13-14H2,1H3. The second-order valence-electron chi connectivity index (χ2n) is 5.96. The van der Waals surface area contributed by atoms with Crippen LogP contribution in [-0.4, -0.2) is 15.7 Å². The number of furan rings is 1. The van der Waals surface area contributed by atoms with Crippen molar-refractivity contribution in [1.82, 2.24) is 4.90 Å². The molecule has 1 heterocycles. The summed E-state index contributed by atoms with van der Waals surface area (Å²) in [7, 11) is 0. The van der Waals surface area contributed by atoms with Crippen LogP contribution < -0.4 is 0 Å². The number of hydrogen-bond donors (Lipinski definition) is 0. The topological polar surface area (TPSA) is 76.6 Å². The lowest BCUT2D eigenvalue weighted by molar-refractivity contribution is -0.384. The average Bonchev–Trinajstić information content (AvgIpc) is 3.06. The summed E-state index contributed by atoms with van der Waals surface area (Å²) in [6.45, 7) is 2.58. The fourth-order valence-corrected chi connectivity index (χ4v) is 2.67. The first kappa shape index (κ1) is 17.4. The summed E-state index contributed by atoms with van der Waals surface area (Å²) in [5, 5.41) is 10.8. The third kappa shape index (κ3) is 4.16. The summed E-state index contributed by atoms with van der Waals surface area (Å²) in [5.41, 5.74) is 1.35. The molecule has 3 aromatic rings. The molecule has 0 saturated carbocycles. The van der Waals surface area contributed by atoms with E-state index in [0.29, 0.717) is 24.4 Å². The highest BCUT2D eigenvalue weighted by Gasteiger charge is 2.19. The molecular formula is C20H18N2O4. The molecule has 1 amide bonds. The summed E-state index contributed by atoms with van der Waals surface area (Å²) in [5.74, 6) is 1.26. The number of amides is 1. The third-order valence-corrected chi connectivity index (χ3v) is 3.97. The molecule has 0 radical (unpaired) electrons. The maximum Gasteiger partial charge on any atom is 0.269 e. The number of rotatable bonds is 6. The Morgan fingerprint density at radius 1 is 1.00 bits per heavy atom. The minimum absolute atomic E-state index is 0.0437. The molecule has 6 nitrogen and oxygen atoms in total. The van der Waals surface area contributed by atoms with Gasteiger partial charge < -0.3 is 9.32 Å². The van der Waals surface area contributed by atoms with Crippen molar-refractivity contribution >= 4 is 11.6 Å². The maximum atomic E-state index is 13.0. The Bertz CT molecular complexity index is 901. The van der Waals surface area contributed by atoms with E-state index in [-0.39, 0.29) is 11.6 Å². The van der Waals surface area contributed by atoms with Gasteiger partial charge in [0.2, 0.25) is 0 Å². The first-order chi connectivity index (χ1) is 12.5. The van der Waals surface area contributed by atoms with E-state index in [0.717, 1.165) is 11.3 Å². The number of hydrogen-bond acceptors (Lipinski definition) is 4. The molecule has 132 valence electrons. The molecule has 0 atom stereocenters. The molecule has 0 bridgehead atoms. The summed E-state index contributed by atoms with van der Waals surface area (Å²) in [6, 6.07) is 19.0. The summed E-state index contributed by atoms with van der Waals surface area (Å²) in [6.07, 6.45) is 0. The Morgan fingerprint density at radius 3 is 2.27 bits per heavy atom. The fourth-order valence-electron chi connectivity index (χ4n) is 2.67. The predicted molar refractivity (Wildman–Crippen MR) is 96.6 cm³/mol. The Labute approximate surface area is 150 Å². The normalized spacial score (nSPS) is 10.5. The number of benzene rings is 2. The number of nitrogens with zero attached hydrogens (tertiary/aromatic N) is 2. The van der Waals surface area contributed by atoms with Crippen LogP contribution in [0.25, 0.3) is 0 Å².